The summed E-state index contributed by atoms with van der Waals surface area (Å²) in [5.74, 6) is 1.52. The first kappa shape index (κ1) is 23.2. The van der Waals surface area contributed by atoms with Crippen LogP contribution in [0, 0.1) is 42.6 Å². The van der Waals surface area contributed by atoms with Gasteiger partial charge < -0.3 is 4.74 Å². The summed E-state index contributed by atoms with van der Waals surface area (Å²) in [4.78, 5) is 26.2. The van der Waals surface area contributed by atoms with Gasteiger partial charge >= 0.3 is 0 Å². The number of hydrazone groups is 1. The Kier molecular flexibility index (Phi) is 5.98. The number of halogens is 4. The lowest BCUT2D eigenvalue weighted by atomic mass is 9.63. The summed E-state index contributed by atoms with van der Waals surface area (Å²) in [6.45, 7) is 0.313. The normalized spacial score (nSPS) is 30.8. The van der Waals surface area contributed by atoms with Crippen LogP contribution in [0.1, 0.15) is 17.5 Å². The standard InChI is InChI=1S/C25H18Cl2I2N2O3/c26-13-2-1-12(18(27)7-13)10-34-23-19(28)5-11(6-20(23)29)9-30-31-24(32)21-14-3-4-15(17-8-16(14)17)22(21)25(31)33/h1-7,9,14-17,21-22H,8,10H2/t14-,15-,16-,17+,21+,22+/m0/s1. The summed E-state index contributed by atoms with van der Waals surface area (Å²) >= 11 is 16.6. The molecule has 0 aromatic heterocycles. The highest BCUT2D eigenvalue weighted by Crippen LogP contribution is 2.65. The van der Waals surface area contributed by atoms with Crippen molar-refractivity contribution in [2.45, 2.75) is 13.0 Å². The molecule has 3 fully saturated rings. The van der Waals surface area contributed by atoms with Crippen molar-refractivity contribution < 1.29 is 14.3 Å². The summed E-state index contributed by atoms with van der Waals surface area (Å²) in [5.41, 5.74) is 1.64. The van der Waals surface area contributed by atoms with E-state index in [-0.39, 0.29) is 35.5 Å². The molecule has 2 amide bonds. The molecule has 2 aromatic carbocycles. The third kappa shape index (κ3) is 3.81. The second kappa shape index (κ2) is 8.74. The van der Waals surface area contributed by atoms with Crippen LogP contribution in [0.4, 0.5) is 0 Å². The van der Waals surface area contributed by atoms with Crippen LogP contribution in [0.25, 0.3) is 0 Å². The van der Waals surface area contributed by atoms with Crippen LogP contribution in [0.5, 0.6) is 5.75 Å². The molecule has 0 unspecified atom stereocenters. The minimum absolute atomic E-state index is 0.153. The van der Waals surface area contributed by atoms with Gasteiger partial charge in [0.1, 0.15) is 12.4 Å². The Morgan fingerprint density at radius 2 is 1.62 bits per heavy atom. The van der Waals surface area contributed by atoms with Gasteiger partial charge in [-0.05, 0) is 105 Å². The minimum atomic E-state index is -0.237. The van der Waals surface area contributed by atoms with Crippen molar-refractivity contribution >= 4 is 86.4 Å². The maximum absolute atomic E-state index is 13.1. The maximum atomic E-state index is 13.1. The number of nitrogens with zero attached hydrogens (tertiary/aromatic N) is 2. The molecule has 2 bridgehead atoms. The molecule has 0 N–H and O–H groups in total. The van der Waals surface area contributed by atoms with Crippen LogP contribution in [-0.4, -0.2) is 23.0 Å². The number of hydrogen-bond donors (Lipinski definition) is 0. The van der Waals surface area contributed by atoms with E-state index >= 15 is 0 Å². The van der Waals surface area contributed by atoms with Crippen molar-refractivity contribution in [1.82, 2.24) is 5.01 Å². The zero-order valence-electron chi connectivity index (χ0n) is 17.6. The van der Waals surface area contributed by atoms with Crippen LogP contribution in [0.15, 0.2) is 47.6 Å². The molecule has 0 spiro atoms. The van der Waals surface area contributed by atoms with Gasteiger partial charge in [-0.25, -0.2) is 0 Å². The van der Waals surface area contributed by atoms with Crippen molar-refractivity contribution in [3.63, 3.8) is 0 Å². The average Bonchev–Trinajstić information content (AvgIpc) is 3.57. The largest absolute Gasteiger partial charge is 0.487 e. The Morgan fingerprint density at radius 1 is 1.00 bits per heavy atom. The number of allylic oxidation sites excluding steroid dienone is 2. The molecular weight excluding hydrogens is 701 g/mol. The predicted molar refractivity (Wildman–Crippen MR) is 147 cm³/mol. The van der Waals surface area contributed by atoms with Gasteiger partial charge in [-0.3, -0.25) is 9.59 Å². The second-order valence-corrected chi connectivity index (χ2v) is 12.4. The number of ether oxygens (including phenoxy) is 1. The minimum Gasteiger partial charge on any atom is -0.487 e. The van der Waals surface area contributed by atoms with E-state index in [1.807, 2.05) is 18.2 Å². The lowest BCUT2D eigenvalue weighted by Gasteiger charge is -2.37. The van der Waals surface area contributed by atoms with Crippen molar-refractivity contribution in [3.8, 4) is 5.75 Å². The molecule has 5 aliphatic rings. The van der Waals surface area contributed by atoms with Crippen LogP contribution in [-0.2, 0) is 16.2 Å². The van der Waals surface area contributed by atoms with Crippen molar-refractivity contribution in [2.75, 3.05) is 0 Å². The third-order valence-electron chi connectivity index (χ3n) is 7.37. The highest BCUT2D eigenvalue weighted by atomic mass is 127. The van der Waals surface area contributed by atoms with Crippen LogP contribution in [0.2, 0.25) is 10.0 Å². The first-order valence-corrected chi connectivity index (χ1v) is 13.9. The van der Waals surface area contributed by atoms with Crippen molar-refractivity contribution in [1.29, 1.82) is 0 Å². The van der Waals surface area contributed by atoms with Crippen molar-refractivity contribution in [2.24, 2.45) is 40.6 Å². The Labute approximate surface area is 234 Å². The first-order valence-electron chi connectivity index (χ1n) is 11.0. The molecule has 4 aliphatic carbocycles. The number of carbonyl (C=O) groups excluding carboxylic acids is 2. The zero-order chi connectivity index (χ0) is 23.7. The lowest BCUT2D eigenvalue weighted by molar-refractivity contribution is -0.140. The van der Waals surface area contributed by atoms with E-state index in [0.29, 0.717) is 28.5 Å². The summed E-state index contributed by atoms with van der Waals surface area (Å²) in [6.07, 6.45) is 7.07. The van der Waals surface area contributed by atoms with E-state index in [4.69, 9.17) is 27.9 Å². The van der Waals surface area contributed by atoms with E-state index in [1.165, 1.54) is 0 Å². The number of benzene rings is 2. The highest BCUT2D eigenvalue weighted by molar-refractivity contribution is 14.1. The quantitative estimate of drug-likeness (QED) is 0.161. The van der Waals surface area contributed by atoms with Crippen LogP contribution >= 0.6 is 68.4 Å². The van der Waals surface area contributed by atoms with Gasteiger partial charge in [0.2, 0.25) is 0 Å². The fraction of sp³-hybridized carbons (Fsp3) is 0.320. The number of imide groups is 1. The molecule has 6 atom stereocenters. The fourth-order valence-electron chi connectivity index (χ4n) is 5.76. The van der Waals surface area contributed by atoms with E-state index < -0.39 is 0 Å². The molecule has 5 nitrogen and oxygen atoms in total. The SMILES string of the molecule is O=C1[C@@H]2[C@H]3C=C[C@@H]([C@@H]4C[C@H]34)[C@H]2C(=O)N1N=Cc1cc(I)c(OCc2ccc(Cl)cc2Cl)c(I)c1. The summed E-state index contributed by atoms with van der Waals surface area (Å²) in [6, 6.07) is 9.16. The van der Waals surface area contributed by atoms with Gasteiger partial charge in [0.05, 0.1) is 25.2 Å². The summed E-state index contributed by atoms with van der Waals surface area (Å²) < 4.78 is 7.83. The molecule has 174 valence electrons. The van der Waals surface area contributed by atoms with E-state index in [0.717, 1.165) is 35.4 Å². The molecule has 1 heterocycles. The smallest absolute Gasteiger partial charge is 0.254 e. The number of carbonyl (C=O) groups is 2. The highest BCUT2D eigenvalue weighted by Gasteiger charge is 2.67. The molecule has 1 saturated heterocycles. The van der Waals surface area contributed by atoms with Gasteiger partial charge in [0.15, 0.2) is 0 Å². The molecule has 7 rings (SSSR count). The molecule has 0 radical (unpaired) electrons. The molecule has 9 heteroatoms. The summed E-state index contributed by atoms with van der Waals surface area (Å²) in [7, 11) is 0. The Balaban J connectivity index is 1.18. The number of hydrogen-bond acceptors (Lipinski definition) is 4. The summed E-state index contributed by atoms with van der Waals surface area (Å²) in [5, 5.41) is 6.59. The van der Waals surface area contributed by atoms with E-state index in [1.54, 1.807) is 18.3 Å². The lowest BCUT2D eigenvalue weighted by Crippen LogP contribution is -2.40. The molecular formula is C25H18Cl2I2N2O3. The van der Waals surface area contributed by atoms with Crippen molar-refractivity contribution in [3.05, 3.63) is 70.8 Å². The first-order chi connectivity index (χ1) is 16.3. The third-order valence-corrected chi connectivity index (χ3v) is 9.56. The maximum Gasteiger partial charge on any atom is 0.254 e. The van der Waals surface area contributed by atoms with Crippen LogP contribution in [0.3, 0.4) is 0 Å². The zero-order valence-corrected chi connectivity index (χ0v) is 23.5. The number of amides is 2. The average molecular weight is 719 g/mol. The van der Waals surface area contributed by atoms with Gasteiger partial charge in [0, 0.05) is 15.6 Å². The Bertz CT molecular complexity index is 1240. The van der Waals surface area contributed by atoms with Gasteiger partial charge in [0.25, 0.3) is 11.8 Å². The molecule has 2 aromatic rings. The topological polar surface area (TPSA) is 59.0 Å². The van der Waals surface area contributed by atoms with Crippen LogP contribution < -0.4 is 4.74 Å². The van der Waals surface area contributed by atoms with E-state index in [9.17, 15) is 9.59 Å². The molecule has 34 heavy (non-hydrogen) atoms. The second-order valence-electron chi connectivity index (χ2n) is 9.23. The monoisotopic (exact) mass is 718 g/mol. The Hall–Kier alpha value is -1.17. The Morgan fingerprint density at radius 3 is 2.21 bits per heavy atom. The van der Waals surface area contributed by atoms with E-state index in [2.05, 4.69) is 62.4 Å². The fourth-order valence-corrected chi connectivity index (χ4v) is 8.35. The molecule has 2 saturated carbocycles. The predicted octanol–water partition coefficient (Wildman–Crippen LogP) is 6.17. The molecule has 1 aliphatic heterocycles. The number of rotatable bonds is 5. The van der Waals surface area contributed by atoms with Gasteiger partial charge in [-0.2, -0.15) is 10.1 Å². The van der Waals surface area contributed by atoms with Gasteiger partial charge in [-0.1, -0.05) is 41.4 Å². The van der Waals surface area contributed by atoms with Gasteiger partial charge in [-0.15, -0.1) is 0 Å².